The third-order valence-corrected chi connectivity index (χ3v) is 5.00. The van der Waals surface area contributed by atoms with Crippen molar-refractivity contribution in [1.82, 2.24) is 4.98 Å². The van der Waals surface area contributed by atoms with Crippen molar-refractivity contribution in [2.75, 3.05) is 11.9 Å². The highest BCUT2D eigenvalue weighted by atomic mass is 16.5. The fourth-order valence-corrected chi connectivity index (χ4v) is 3.51. The van der Waals surface area contributed by atoms with E-state index in [1.807, 2.05) is 50.2 Å². The highest BCUT2D eigenvalue weighted by Crippen LogP contribution is 2.31. The van der Waals surface area contributed by atoms with Crippen molar-refractivity contribution in [2.24, 2.45) is 0 Å². The molecular formula is C25H22N2O4. The first-order chi connectivity index (χ1) is 15.0. The summed E-state index contributed by atoms with van der Waals surface area (Å²) >= 11 is 0. The third-order valence-electron chi connectivity index (χ3n) is 5.00. The Morgan fingerprint density at radius 3 is 2.58 bits per heavy atom. The Bertz CT molecular complexity index is 1280. The number of benzene rings is 2. The smallest absolute Gasteiger partial charge is 0.340 e. The summed E-state index contributed by atoms with van der Waals surface area (Å²) in [6, 6.07) is 18.7. The van der Waals surface area contributed by atoms with Crippen molar-refractivity contribution in [3.8, 4) is 5.75 Å². The molecule has 2 aromatic carbocycles. The number of ether oxygens (including phenoxy) is 1. The van der Waals surface area contributed by atoms with E-state index in [2.05, 4.69) is 10.3 Å². The molecule has 0 aliphatic carbocycles. The molecule has 0 saturated carbocycles. The summed E-state index contributed by atoms with van der Waals surface area (Å²) in [5, 5.41) is 3.39. The van der Waals surface area contributed by atoms with Crippen LogP contribution in [0.1, 0.15) is 22.3 Å². The molecule has 4 aromatic rings. The molecule has 0 aliphatic rings. The summed E-state index contributed by atoms with van der Waals surface area (Å²) in [7, 11) is 0. The number of nitrogens with one attached hydrogen (secondary N) is 1. The molecule has 0 saturated heterocycles. The van der Waals surface area contributed by atoms with Crippen LogP contribution in [0.2, 0.25) is 0 Å². The van der Waals surface area contributed by atoms with Crippen LogP contribution in [0.25, 0.3) is 11.0 Å². The molecule has 1 amide bonds. The maximum absolute atomic E-state index is 12.7. The van der Waals surface area contributed by atoms with Gasteiger partial charge in [0, 0.05) is 18.2 Å². The van der Waals surface area contributed by atoms with Crippen LogP contribution in [0.4, 0.5) is 5.82 Å². The number of amides is 1. The maximum atomic E-state index is 12.7. The fraction of sp³-hybridized carbons (Fsp3) is 0.160. The summed E-state index contributed by atoms with van der Waals surface area (Å²) in [6.45, 7) is 3.57. The van der Waals surface area contributed by atoms with E-state index in [4.69, 9.17) is 9.15 Å². The minimum Gasteiger partial charge on any atom is -0.483 e. The number of rotatable bonds is 6. The van der Waals surface area contributed by atoms with Gasteiger partial charge in [-0.15, -0.1) is 0 Å². The van der Waals surface area contributed by atoms with Crippen molar-refractivity contribution in [2.45, 2.75) is 20.3 Å². The number of hydrogen-bond acceptors (Lipinski definition) is 5. The molecule has 0 radical (unpaired) electrons. The summed E-state index contributed by atoms with van der Waals surface area (Å²) in [6.07, 6.45) is 2.06. The van der Waals surface area contributed by atoms with E-state index >= 15 is 0 Å². The van der Waals surface area contributed by atoms with Crippen molar-refractivity contribution in [1.29, 1.82) is 0 Å². The predicted octanol–water partition coefficient (Wildman–Crippen LogP) is 4.41. The molecule has 4 rings (SSSR count). The normalized spacial score (nSPS) is 10.8. The van der Waals surface area contributed by atoms with Gasteiger partial charge in [-0.25, -0.2) is 9.78 Å². The standard InChI is InChI=1S/C25H22N2O4/c1-16-12-20(30-15-23(28)27-22-10-6-7-11-26-22)24-17(2)19(25(29)31-21(24)13-16)14-18-8-4-3-5-9-18/h3-13H,14-15H2,1-2H3,(H,26,27,28). The zero-order valence-electron chi connectivity index (χ0n) is 17.3. The first-order valence-corrected chi connectivity index (χ1v) is 9.96. The quantitative estimate of drug-likeness (QED) is 0.473. The zero-order chi connectivity index (χ0) is 21.8. The third kappa shape index (κ3) is 4.64. The van der Waals surface area contributed by atoms with Gasteiger partial charge in [0.05, 0.1) is 5.39 Å². The molecule has 0 bridgehead atoms. The topological polar surface area (TPSA) is 81.4 Å². The van der Waals surface area contributed by atoms with E-state index in [9.17, 15) is 9.59 Å². The lowest BCUT2D eigenvalue weighted by Gasteiger charge is -2.14. The molecular weight excluding hydrogens is 392 g/mol. The molecule has 2 heterocycles. The van der Waals surface area contributed by atoms with E-state index in [0.29, 0.717) is 34.5 Å². The van der Waals surface area contributed by atoms with Gasteiger partial charge < -0.3 is 14.5 Å². The first kappa shape index (κ1) is 20.3. The van der Waals surface area contributed by atoms with Crippen molar-refractivity contribution < 1.29 is 13.9 Å². The van der Waals surface area contributed by atoms with Gasteiger partial charge in [-0.3, -0.25) is 4.79 Å². The maximum Gasteiger partial charge on any atom is 0.340 e. The lowest BCUT2D eigenvalue weighted by atomic mass is 9.98. The minimum atomic E-state index is -0.363. The first-order valence-electron chi connectivity index (χ1n) is 9.96. The summed E-state index contributed by atoms with van der Waals surface area (Å²) in [4.78, 5) is 29.1. The zero-order valence-corrected chi connectivity index (χ0v) is 17.3. The van der Waals surface area contributed by atoms with Gasteiger partial charge in [0.2, 0.25) is 0 Å². The van der Waals surface area contributed by atoms with E-state index in [0.717, 1.165) is 16.7 Å². The lowest BCUT2D eigenvalue weighted by Crippen LogP contribution is -2.21. The van der Waals surface area contributed by atoms with Gasteiger partial charge in [0.15, 0.2) is 6.61 Å². The SMILES string of the molecule is Cc1cc(OCC(=O)Nc2ccccn2)c2c(C)c(Cc3ccccc3)c(=O)oc2c1. The Hall–Kier alpha value is -3.93. The number of fused-ring (bicyclic) bond motifs is 1. The summed E-state index contributed by atoms with van der Waals surface area (Å²) in [5.74, 6) is 0.632. The molecule has 0 atom stereocenters. The molecule has 31 heavy (non-hydrogen) atoms. The van der Waals surface area contributed by atoms with E-state index in [1.165, 1.54) is 0 Å². The number of pyridine rings is 1. The van der Waals surface area contributed by atoms with Gasteiger partial charge in [-0.2, -0.15) is 0 Å². The number of anilines is 1. The molecule has 0 spiro atoms. The van der Waals surface area contributed by atoms with Gasteiger partial charge >= 0.3 is 5.63 Å². The van der Waals surface area contributed by atoms with E-state index < -0.39 is 0 Å². The van der Waals surface area contributed by atoms with Gasteiger partial charge in [0.1, 0.15) is 17.2 Å². The van der Waals surface area contributed by atoms with E-state index in [1.54, 1.807) is 30.5 Å². The average molecular weight is 414 g/mol. The fourth-order valence-electron chi connectivity index (χ4n) is 3.51. The van der Waals surface area contributed by atoms with Crippen molar-refractivity contribution in [3.63, 3.8) is 0 Å². The van der Waals surface area contributed by atoms with Crippen LogP contribution >= 0.6 is 0 Å². The molecule has 156 valence electrons. The van der Waals surface area contributed by atoms with Crippen molar-refractivity contribution in [3.05, 3.63) is 99.5 Å². The van der Waals surface area contributed by atoms with E-state index in [-0.39, 0.29) is 18.1 Å². The number of nitrogens with zero attached hydrogens (tertiary/aromatic N) is 1. The van der Waals surface area contributed by atoms with Crippen LogP contribution in [0.3, 0.4) is 0 Å². The van der Waals surface area contributed by atoms with Crippen LogP contribution in [0, 0.1) is 13.8 Å². The summed E-state index contributed by atoms with van der Waals surface area (Å²) in [5.41, 5.74) is 3.32. The van der Waals surface area contributed by atoms with Crippen LogP contribution in [-0.2, 0) is 11.2 Å². The largest absolute Gasteiger partial charge is 0.483 e. The van der Waals surface area contributed by atoms with Crippen LogP contribution < -0.4 is 15.7 Å². The Morgan fingerprint density at radius 1 is 1.06 bits per heavy atom. The molecule has 2 aromatic heterocycles. The Labute approximate surface area is 179 Å². The number of carbonyl (C=O) groups excluding carboxylic acids is 1. The number of aryl methyl sites for hydroxylation is 2. The number of aromatic nitrogens is 1. The number of carbonyl (C=O) groups is 1. The minimum absolute atomic E-state index is 0.193. The summed E-state index contributed by atoms with van der Waals surface area (Å²) < 4.78 is 11.5. The van der Waals surface area contributed by atoms with Crippen LogP contribution in [0.15, 0.2) is 76.1 Å². The van der Waals surface area contributed by atoms with Crippen LogP contribution in [-0.4, -0.2) is 17.5 Å². The number of hydrogen-bond donors (Lipinski definition) is 1. The predicted molar refractivity (Wildman–Crippen MR) is 120 cm³/mol. The highest BCUT2D eigenvalue weighted by molar-refractivity contribution is 5.92. The average Bonchev–Trinajstić information content (AvgIpc) is 2.76. The second-order valence-corrected chi connectivity index (χ2v) is 7.34. The Morgan fingerprint density at radius 2 is 1.84 bits per heavy atom. The molecule has 1 N–H and O–H groups in total. The molecule has 6 heteroatoms. The molecule has 0 unspecified atom stereocenters. The van der Waals surface area contributed by atoms with Gasteiger partial charge in [0.25, 0.3) is 5.91 Å². The second kappa shape index (κ2) is 8.83. The second-order valence-electron chi connectivity index (χ2n) is 7.34. The Kier molecular flexibility index (Phi) is 5.80. The monoisotopic (exact) mass is 414 g/mol. The van der Waals surface area contributed by atoms with Gasteiger partial charge in [-0.1, -0.05) is 36.4 Å². The van der Waals surface area contributed by atoms with Crippen LogP contribution in [0.5, 0.6) is 5.75 Å². The molecule has 0 aliphatic heterocycles. The lowest BCUT2D eigenvalue weighted by molar-refractivity contribution is -0.118. The van der Waals surface area contributed by atoms with Crippen molar-refractivity contribution >= 4 is 22.7 Å². The molecule has 0 fully saturated rings. The van der Waals surface area contributed by atoms with Gasteiger partial charge in [-0.05, 0) is 54.8 Å². The highest BCUT2D eigenvalue weighted by Gasteiger charge is 2.17. The Balaban J connectivity index is 1.65. The molecule has 6 nitrogen and oxygen atoms in total.